The summed E-state index contributed by atoms with van der Waals surface area (Å²) in [5.41, 5.74) is -0.906. The molecule has 17 heavy (non-hydrogen) atoms. The quantitative estimate of drug-likeness (QED) is 0.657. The highest BCUT2D eigenvalue weighted by molar-refractivity contribution is 7.85. The summed E-state index contributed by atoms with van der Waals surface area (Å²) >= 11 is 0. The second kappa shape index (κ2) is 5.15. The number of ether oxygens (including phenoxy) is 1. The van der Waals surface area contributed by atoms with E-state index in [0.717, 1.165) is 0 Å². The minimum absolute atomic E-state index is 0.0972. The van der Waals surface area contributed by atoms with Gasteiger partial charge in [0.15, 0.2) is 0 Å². The molecule has 2 fully saturated rings. The summed E-state index contributed by atoms with van der Waals surface area (Å²) in [6, 6.07) is 2.18. The zero-order valence-electron chi connectivity index (χ0n) is 9.68. The summed E-state index contributed by atoms with van der Waals surface area (Å²) < 4.78 is 16.5. The summed E-state index contributed by atoms with van der Waals surface area (Å²) in [4.78, 5) is 14.1. The van der Waals surface area contributed by atoms with Gasteiger partial charge in [-0.25, -0.2) is 0 Å². The predicted octanol–water partition coefficient (Wildman–Crippen LogP) is -0.102. The Kier molecular flexibility index (Phi) is 3.79. The van der Waals surface area contributed by atoms with Gasteiger partial charge >= 0.3 is 0 Å². The molecule has 5 nitrogen and oxygen atoms in total. The van der Waals surface area contributed by atoms with Crippen LogP contribution in [0, 0.1) is 16.7 Å². The molecule has 2 rings (SSSR count). The van der Waals surface area contributed by atoms with Crippen molar-refractivity contribution in [2.75, 3.05) is 37.8 Å². The Labute approximate surface area is 103 Å². The monoisotopic (exact) mass is 256 g/mol. The molecular formula is C11H16N2O3S. The first-order chi connectivity index (χ1) is 8.18. The summed E-state index contributed by atoms with van der Waals surface area (Å²) in [5, 5.41) is 9.28. The lowest BCUT2D eigenvalue weighted by Gasteiger charge is -2.36. The topological polar surface area (TPSA) is 70.4 Å². The number of nitriles is 1. The minimum Gasteiger partial charge on any atom is -0.381 e. The molecule has 0 spiro atoms. The van der Waals surface area contributed by atoms with Crippen LogP contribution in [0.1, 0.15) is 12.8 Å². The Hall–Kier alpha value is -0.930. The molecule has 0 bridgehead atoms. The number of hydrogen-bond acceptors (Lipinski definition) is 4. The predicted molar refractivity (Wildman–Crippen MR) is 62.6 cm³/mol. The molecule has 6 heteroatoms. The van der Waals surface area contributed by atoms with E-state index in [-0.39, 0.29) is 5.91 Å². The second-order valence-electron chi connectivity index (χ2n) is 4.45. The van der Waals surface area contributed by atoms with Crippen LogP contribution in [-0.4, -0.2) is 52.8 Å². The van der Waals surface area contributed by atoms with E-state index in [1.807, 2.05) is 0 Å². The molecule has 0 N–H and O–H groups in total. The van der Waals surface area contributed by atoms with Crippen molar-refractivity contribution in [3.8, 4) is 6.07 Å². The fourth-order valence-electron chi connectivity index (χ4n) is 2.24. The number of carbonyl (C=O) groups excluding carboxylic acids is 1. The largest absolute Gasteiger partial charge is 0.381 e. The number of carbonyl (C=O) groups is 1. The summed E-state index contributed by atoms with van der Waals surface area (Å²) in [6.45, 7) is 1.96. The Morgan fingerprint density at radius 1 is 1.29 bits per heavy atom. The van der Waals surface area contributed by atoms with Crippen LogP contribution in [0.5, 0.6) is 0 Å². The lowest BCUT2D eigenvalue weighted by Crippen LogP contribution is -2.50. The SMILES string of the molecule is N#CC1(C(=O)N2CCS(=O)CC2)CCOCC1. The van der Waals surface area contributed by atoms with Crippen molar-refractivity contribution in [2.45, 2.75) is 12.8 Å². The van der Waals surface area contributed by atoms with Crippen LogP contribution in [0.2, 0.25) is 0 Å². The highest BCUT2D eigenvalue weighted by Crippen LogP contribution is 2.32. The first kappa shape index (κ1) is 12.5. The zero-order chi connectivity index (χ0) is 12.3. The van der Waals surface area contributed by atoms with Gasteiger partial charge in [0.2, 0.25) is 5.91 Å². The van der Waals surface area contributed by atoms with Crippen LogP contribution in [0.3, 0.4) is 0 Å². The molecule has 94 valence electrons. The van der Waals surface area contributed by atoms with E-state index in [1.54, 1.807) is 4.90 Å². The van der Waals surface area contributed by atoms with Gasteiger partial charge in [-0.15, -0.1) is 0 Å². The van der Waals surface area contributed by atoms with Crippen LogP contribution in [0.4, 0.5) is 0 Å². The molecular weight excluding hydrogens is 240 g/mol. The molecule has 0 saturated carbocycles. The summed E-state index contributed by atoms with van der Waals surface area (Å²) in [7, 11) is -0.799. The molecule has 0 atom stereocenters. The Balaban J connectivity index is 2.07. The van der Waals surface area contributed by atoms with Crippen molar-refractivity contribution in [1.82, 2.24) is 4.90 Å². The molecule has 0 aromatic carbocycles. The Morgan fingerprint density at radius 2 is 1.88 bits per heavy atom. The third kappa shape index (κ3) is 2.50. The molecule has 0 aromatic rings. The molecule has 0 radical (unpaired) electrons. The molecule has 2 aliphatic heterocycles. The van der Waals surface area contributed by atoms with Crippen LogP contribution in [-0.2, 0) is 20.3 Å². The fraction of sp³-hybridized carbons (Fsp3) is 0.818. The van der Waals surface area contributed by atoms with Gasteiger partial charge in [0.25, 0.3) is 0 Å². The molecule has 1 amide bonds. The lowest BCUT2D eigenvalue weighted by atomic mass is 9.80. The number of nitrogens with zero attached hydrogens (tertiary/aromatic N) is 2. The maximum Gasteiger partial charge on any atom is 0.243 e. The Morgan fingerprint density at radius 3 is 2.41 bits per heavy atom. The van der Waals surface area contributed by atoms with Gasteiger partial charge in [-0.1, -0.05) is 0 Å². The van der Waals surface area contributed by atoms with Crippen LogP contribution in [0.15, 0.2) is 0 Å². The van der Waals surface area contributed by atoms with Crippen LogP contribution in [0.25, 0.3) is 0 Å². The summed E-state index contributed by atoms with van der Waals surface area (Å²) in [5.74, 6) is 0.966. The van der Waals surface area contributed by atoms with Crippen molar-refractivity contribution in [3.63, 3.8) is 0 Å². The zero-order valence-corrected chi connectivity index (χ0v) is 10.5. The standard InChI is InChI=1S/C11H16N2O3S/c12-9-11(1-5-16-6-2-11)10(14)13-3-7-17(15)8-4-13/h1-8H2. The van der Waals surface area contributed by atoms with E-state index >= 15 is 0 Å². The molecule has 0 aromatic heterocycles. The molecule has 0 aliphatic carbocycles. The van der Waals surface area contributed by atoms with E-state index in [0.29, 0.717) is 50.7 Å². The van der Waals surface area contributed by atoms with Crippen LogP contribution < -0.4 is 0 Å². The summed E-state index contributed by atoms with van der Waals surface area (Å²) in [6.07, 6.45) is 0.948. The maximum atomic E-state index is 12.4. The highest BCUT2D eigenvalue weighted by Gasteiger charge is 2.43. The van der Waals surface area contributed by atoms with Gasteiger partial charge in [0, 0.05) is 48.6 Å². The van der Waals surface area contributed by atoms with Gasteiger partial charge in [-0.05, 0) is 12.8 Å². The Bertz CT molecular complexity index is 361. The van der Waals surface area contributed by atoms with Crippen molar-refractivity contribution in [2.24, 2.45) is 5.41 Å². The third-order valence-electron chi connectivity index (χ3n) is 3.43. The van der Waals surface area contributed by atoms with E-state index in [2.05, 4.69) is 6.07 Å². The first-order valence-electron chi connectivity index (χ1n) is 5.81. The molecule has 0 unspecified atom stereocenters. The maximum absolute atomic E-state index is 12.4. The lowest BCUT2D eigenvalue weighted by molar-refractivity contribution is -0.143. The molecule has 2 saturated heterocycles. The van der Waals surface area contributed by atoms with Crippen LogP contribution >= 0.6 is 0 Å². The molecule has 2 aliphatic rings. The smallest absolute Gasteiger partial charge is 0.243 e. The van der Waals surface area contributed by atoms with Crippen molar-refractivity contribution in [3.05, 3.63) is 0 Å². The number of hydrogen-bond donors (Lipinski definition) is 0. The normalized spacial score (nSPS) is 25.2. The van der Waals surface area contributed by atoms with Crippen molar-refractivity contribution < 1.29 is 13.7 Å². The number of rotatable bonds is 1. The first-order valence-corrected chi connectivity index (χ1v) is 7.30. The van der Waals surface area contributed by atoms with Gasteiger partial charge in [0.05, 0.1) is 6.07 Å². The second-order valence-corrected chi connectivity index (χ2v) is 6.14. The van der Waals surface area contributed by atoms with Gasteiger partial charge in [0.1, 0.15) is 5.41 Å². The third-order valence-corrected chi connectivity index (χ3v) is 4.71. The van der Waals surface area contributed by atoms with Crippen molar-refractivity contribution >= 4 is 16.7 Å². The van der Waals surface area contributed by atoms with Crippen molar-refractivity contribution in [1.29, 1.82) is 5.26 Å². The fourth-order valence-corrected chi connectivity index (χ4v) is 3.29. The van der Waals surface area contributed by atoms with Gasteiger partial charge in [-0.3, -0.25) is 9.00 Å². The van der Waals surface area contributed by atoms with E-state index in [9.17, 15) is 14.3 Å². The van der Waals surface area contributed by atoms with E-state index < -0.39 is 16.2 Å². The average molecular weight is 256 g/mol. The highest BCUT2D eigenvalue weighted by atomic mass is 32.2. The molecule has 2 heterocycles. The average Bonchev–Trinajstić information content (AvgIpc) is 2.39. The van der Waals surface area contributed by atoms with Gasteiger partial charge in [-0.2, -0.15) is 5.26 Å². The van der Waals surface area contributed by atoms with E-state index in [1.165, 1.54) is 0 Å². The van der Waals surface area contributed by atoms with Gasteiger partial charge < -0.3 is 9.64 Å². The minimum atomic E-state index is -0.906. The van der Waals surface area contributed by atoms with E-state index in [4.69, 9.17) is 4.74 Å². The number of amides is 1.